The summed E-state index contributed by atoms with van der Waals surface area (Å²) in [4.78, 5) is 18.5. The zero-order chi connectivity index (χ0) is 15.5. The highest BCUT2D eigenvalue weighted by Gasteiger charge is 2.36. The zero-order valence-corrected chi connectivity index (χ0v) is 12.6. The van der Waals surface area contributed by atoms with E-state index in [-0.39, 0.29) is 18.4 Å². The van der Waals surface area contributed by atoms with Gasteiger partial charge < -0.3 is 10.0 Å². The van der Waals surface area contributed by atoms with Crippen molar-refractivity contribution in [1.29, 1.82) is 0 Å². The first kappa shape index (κ1) is 14.7. The number of aliphatic hydroxyl groups excluding tert-OH is 1. The molecule has 3 rings (SSSR count). The molecule has 0 saturated carbocycles. The van der Waals surface area contributed by atoms with E-state index in [0.29, 0.717) is 19.4 Å². The average molecular weight is 300 g/mol. The second kappa shape index (κ2) is 6.27. The highest BCUT2D eigenvalue weighted by atomic mass is 16.3. The second-order valence-electron chi connectivity index (χ2n) is 5.73. The molecule has 116 valence electrons. The Morgan fingerprint density at radius 1 is 1.45 bits per heavy atom. The van der Waals surface area contributed by atoms with Gasteiger partial charge in [0.25, 0.3) is 0 Å². The Balaban J connectivity index is 1.69. The summed E-state index contributed by atoms with van der Waals surface area (Å²) in [7, 11) is 1.86. The van der Waals surface area contributed by atoms with E-state index in [2.05, 4.69) is 10.1 Å². The van der Waals surface area contributed by atoms with Crippen LogP contribution in [0.3, 0.4) is 0 Å². The van der Waals surface area contributed by atoms with Crippen molar-refractivity contribution in [2.75, 3.05) is 6.54 Å². The van der Waals surface area contributed by atoms with Crippen LogP contribution in [0.2, 0.25) is 0 Å². The molecule has 0 spiro atoms. The molecule has 3 heterocycles. The molecule has 0 aliphatic carbocycles. The number of hydrogen-bond donors (Lipinski definition) is 1. The van der Waals surface area contributed by atoms with Crippen LogP contribution in [0, 0.1) is 0 Å². The van der Waals surface area contributed by atoms with Gasteiger partial charge in [0.1, 0.15) is 0 Å². The average Bonchev–Trinajstić information content (AvgIpc) is 3.07. The zero-order valence-electron chi connectivity index (χ0n) is 12.6. The Kier molecular flexibility index (Phi) is 4.20. The Morgan fingerprint density at radius 2 is 2.32 bits per heavy atom. The predicted octanol–water partition coefficient (Wildman–Crippen LogP) is 0.562. The van der Waals surface area contributed by atoms with Crippen LogP contribution in [0.5, 0.6) is 0 Å². The Bertz CT molecular complexity index is 641. The van der Waals surface area contributed by atoms with Gasteiger partial charge in [-0.2, -0.15) is 5.10 Å². The molecular weight excluding hydrogens is 280 g/mol. The number of carbonyl (C=O) groups is 1. The van der Waals surface area contributed by atoms with Crippen LogP contribution in [-0.2, 0) is 24.7 Å². The first-order valence-corrected chi connectivity index (χ1v) is 7.48. The van der Waals surface area contributed by atoms with Crippen molar-refractivity contribution >= 4 is 5.91 Å². The summed E-state index contributed by atoms with van der Waals surface area (Å²) < 4.78 is 1.73. The maximum atomic E-state index is 12.5. The topological polar surface area (TPSA) is 71.2 Å². The molecule has 2 aromatic heterocycles. The van der Waals surface area contributed by atoms with Crippen LogP contribution < -0.4 is 0 Å². The van der Waals surface area contributed by atoms with Crippen LogP contribution in [0.1, 0.15) is 17.7 Å². The largest absolute Gasteiger partial charge is 0.391 e. The van der Waals surface area contributed by atoms with Gasteiger partial charge in [-0.1, -0.05) is 6.07 Å². The third-order valence-corrected chi connectivity index (χ3v) is 4.09. The standard InChI is InChI=1S/C16H20N4O2/c1-19-11-12(10-18-19)8-14-15(21)5-7-20(14)16(22)9-13-4-2-3-6-17-13/h2-4,6,10-11,14-15,21H,5,7-9H2,1H3/t14-,15+/m0/s1. The third kappa shape index (κ3) is 3.17. The van der Waals surface area contributed by atoms with E-state index >= 15 is 0 Å². The van der Waals surface area contributed by atoms with Gasteiger partial charge in [0.15, 0.2) is 0 Å². The molecule has 0 bridgehead atoms. The maximum Gasteiger partial charge on any atom is 0.228 e. The molecule has 1 amide bonds. The number of nitrogens with zero attached hydrogens (tertiary/aromatic N) is 4. The molecule has 2 aromatic rings. The minimum Gasteiger partial charge on any atom is -0.391 e. The minimum atomic E-state index is -0.479. The van der Waals surface area contributed by atoms with Gasteiger partial charge >= 0.3 is 0 Å². The van der Waals surface area contributed by atoms with Crippen molar-refractivity contribution in [3.8, 4) is 0 Å². The summed E-state index contributed by atoms with van der Waals surface area (Å²) in [5, 5.41) is 14.3. The summed E-state index contributed by atoms with van der Waals surface area (Å²) >= 11 is 0. The van der Waals surface area contributed by atoms with Gasteiger partial charge in [-0.25, -0.2) is 0 Å². The molecular formula is C16H20N4O2. The summed E-state index contributed by atoms with van der Waals surface area (Å²) in [6.45, 7) is 0.595. The van der Waals surface area contributed by atoms with Crippen LogP contribution in [0.15, 0.2) is 36.8 Å². The summed E-state index contributed by atoms with van der Waals surface area (Å²) in [6.07, 6.45) is 6.44. The lowest BCUT2D eigenvalue weighted by Crippen LogP contribution is -2.41. The lowest BCUT2D eigenvalue weighted by molar-refractivity contribution is -0.132. The van der Waals surface area contributed by atoms with Crippen LogP contribution in [0.4, 0.5) is 0 Å². The van der Waals surface area contributed by atoms with Gasteiger partial charge in [0, 0.05) is 31.7 Å². The fraction of sp³-hybridized carbons (Fsp3) is 0.438. The van der Waals surface area contributed by atoms with Crippen LogP contribution in [0.25, 0.3) is 0 Å². The number of carbonyl (C=O) groups excluding carboxylic acids is 1. The van der Waals surface area contributed by atoms with E-state index in [9.17, 15) is 9.90 Å². The number of aryl methyl sites for hydroxylation is 1. The number of likely N-dealkylation sites (tertiary alicyclic amines) is 1. The molecule has 6 heteroatoms. The van der Waals surface area contributed by atoms with Crippen molar-refractivity contribution in [2.24, 2.45) is 7.05 Å². The molecule has 0 unspecified atom stereocenters. The number of amides is 1. The lowest BCUT2D eigenvalue weighted by Gasteiger charge is -2.26. The number of hydrogen-bond acceptors (Lipinski definition) is 4. The van der Waals surface area contributed by atoms with E-state index in [1.54, 1.807) is 22.0 Å². The molecule has 0 radical (unpaired) electrons. The maximum absolute atomic E-state index is 12.5. The van der Waals surface area contributed by atoms with Crippen molar-refractivity contribution < 1.29 is 9.90 Å². The third-order valence-electron chi connectivity index (χ3n) is 4.09. The van der Waals surface area contributed by atoms with Crippen LogP contribution in [-0.4, -0.2) is 49.4 Å². The molecule has 1 fully saturated rings. The first-order valence-electron chi connectivity index (χ1n) is 7.48. The van der Waals surface area contributed by atoms with E-state index in [0.717, 1.165) is 11.3 Å². The lowest BCUT2D eigenvalue weighted by atomic mass is 10.0. The number of rotatable bonds is 4. The molecule has 0 aromatic carbocycles. The number of aliphatic hydroxyl groups is 1. The molecule has 2 atom stereocenters. The summed E-state index contributed by atoms with van der Waals surface area (Å²) in [5.41, 5.74) is 1.79. The molecule has 6 nitrogen and oxygen atoms in total. The van der Waals surface area contributed by atoms with Gasteiger partial charge in [-0.05, 0) is 30.5 Å². The van der Waals surface area contributed by atoms with Gasteiger partial charge in [-0.15, -0.1) is 0 Å². The van der Waals surface area contributed by atoms with Crippen LogP contribution >= 0.6 is 0 Å². The van der Waals surface area contributed by atoms with Gasteiger partial charge in [-0.3, -0.25) is 14.5 Å². The molecule has 22 heavy (non-hydrogen) atoms. The van der Waals surface area contributed by atoms with Crippen molar-refractivity contribution in [2.45, 2.75) is 31.4 Å². The van der Waals surface area contributed by atoms with E-state index < -0.39 is 6.10 Å². The van der Waals surface area contributed by atoms with Crippen molar-refractivity contribution in [3.63, 3.8) is 0 Å². The SMILES string of the molecule is Cn1cc(C[C@H]2[C@H](O)CCN2C(=O)Cc2ccccn2)cn1. The minimum absolute atomic E-state index is 0.0177. The Hall–Kier alpha value is -2.21. The molecule has 1 aliphatic heterocycles. The summed E-state index contributed by atoms with van der Waals surface area (Å²) in [6, 6.07) is 5.38. The van der Waals surface area contributed by atoms with E-state index in [1.807, 2.05) is 31.4 Å². The monoisotopic (exact) mass is 300 g/mol. The summed E-state index contributed by atoms with van der Waals surface area (Å²) in [5.74, 6) is 0.0177. The van der Waals surface area contributed by atoms with Crippen molar-refractivity contribution in [3.05, 3.63) is 48.0 Å². The fourth-order valence-corrected chi connectivity index (χ4v) is 2.97. The van der Waals surface area contributed by atoms with Crippen molar-refractivity contribution in [1.82, 2.24) is 19.7 Å². The van der Waals surface area contributed by atoms with Gasteiger partial charge in [0.2, 0.25) is 5.91 Å². The highest BCUT2D eigenvalue weighted by Crippen LogP contribution is 2.22. The van der Waals surface area contributed by atoms with Gasteiger partial charge in [0.05, 0.1) is 24.8 Å². The Labute approximate surface area is 129 Å². The fourth-order valence-electron chi connectivity index (χ4n) is 2.97. The number of pyridine rings is 1. The normalized spacial score (nSPS) is 21.3. The smallest absolute Gasteiger partial charge is 0.228 e. The highest BCUT2D eigenvalue weighted by molar-refractivity contribution is 5.79. The first-order chi connectivity index (χ1) is 10.6. The predicted molar refractivity (Wildman–Crippen MR) is 81.0 cm³/mol. The molecule has 1 N–H and O–H groups in total. The molecule has 1 aliphatic rings. The van der Waals surface area contributed by atoms with E-state index in [1.165, 1.54) is 0 Å². The Morgan fingerprint density at radius 3 is 3.00 bits per heavy atom. The number of aromatic nitrogens is 3. The second-order valence-corrected chi connectivity index (χ2v) is 5.73. The molecule has 1 saturated heterocycles. The quantitative estimate of drug-likeness (QED) is 0.896. The van der Waals surface area contributed by atoms with E-state index in [4.69, 9.17) is 0 Å².